The Labute approximate surface area is 105 Å². The zero-order valence-corrected chi connectivity index (χ0v) is 9.89. The molecule has 6 heteroatoms. The number of nitrogens with two attached hydrogens (primary N) is 1. The standard InChI is InChI=1S/C12H16N4O2/c13-9-1-2-11(18-6-5-17)10(7-9)16-8-12-14-3-4-15-12/h1-4,7,16-17H,5-6,8,13H2,(H,14,15). The van der Waals surface area contributed by atoms with Crippen LogP contribution in [0.2, 0.25) is 0 Å². The number of hydrogen-bond acceptors (Lipinski definition) is 5. The Morgan fingerprint density at radius 1 is 1.44 bits per heavy atom. The van der Waals surface area contributed by atoms with Crippen LogP contribution in [-0.4, -0.2) is 28.3 Å². The van der Waals surface area contributed by atoms with Crippen LogP contribution in [0.5, 0.6) is 5.75 Å². The van der Waals surface area contributed by atoms with Crippen molar-refractivity contribution in [2.24, 2.45) is 0 Å². The average Bonchev–Trinajstić information content (AvgIpc) is 2.88. The van der Waals surface area contributed by atoms with Crippen molar-refractivity contribution in [3.05, 3.63) is 36.4 Å². The van der Waals surface area contributed by atoms with Crippen LogP contribution in [0.3, 0.4) is 0 Å². The van der Waals surface area contributed by atoms with Crippen LogP contribution in [0.25, 0.3) is 0 Å². The summed E-state index contributed by atoms with van der Waals surface area (Å²) in [6, 6.07) is 5.32. The number of imidazole rings is 1. The van der Waals surface area contributed by atoms with Gasteiger partial charge in [0.15, 0.2) is 0 Å². The first kappa shape index (κ1) is 12.3. The number of aromatic nitrogens is 2. The molecule has 0 aliphatic rings. The Bertz CT molecular complexity index is 485. The lowest BCUT2D eigenvalue weighted by atomic mass is 10.2. The molecule has 5 N–H and O–H groups in total. The molecule has 96 valence electrons. The maximum absolute atomic E-state index is 8.77. The van der Waals surface area contributed by atoms with Crippen LogP contribution in [0.15, 0.2) is 30.6 Å². The normalized spacial score (nSPS) is 10.3. The molecule has 2 rings (SSSR count). The van der Waals surface area contributed by atoms with Crippen LogP contribution >= 0.6 is 0 Å². The van der Waals surface area contributed by atoms with Crippen LogP contribution < -0.4 is 15.8 Å². The summed E-state index contributed by atoms with van der Waals surface area (Å²) in [4.78, 5) is 7.11. The van der Waals surface area contributed by atoms with Crippen molar-refractivity contribution < 1.29 is 9.84 Å². The summed E-state index contributed by atoms with van der Waals surface area (Å²) in [5.41, 5.74) is 7.16. The highest BCUT2D eigenvalue weighted by atomic mass is 16.5. The molecule has 1 heterocycles. The summed E-state index contributed by atoms with van der Waals surface area (Å²) >= 11 is 0. The summed E-state index contributed by atoms with van der Waals surface area (Å²) in [6.45, 7) is 0.771. The van der Waals surface area contributed by atoms with Gasteiger partial charge < -0.3 is 25.9 Å². The number of nitrogens with zero attached hydrogens (tertiary/aromatic N) is 1. The minimum Gasteiger partial charge on any atom is -0.489 e. The number of nitrogen functional groups attached to an aromatic ring is 1. The molecule has 18 heavy (non-hydrogen) atoms. The van der Waals surface area contributed by atoms with Gasteiger partial charge in [-0.2, -0.15) is 0 Å². The van der Waals surface area contributed by atoms with Crippen molar-refractivity contribution in [1.29, 1.82) is 0 Å². The maximum atomic E-state index is 8.77. The van der Waals surface area contributed by atoms with E-state index in [2.05, 4.69) is 15.3 Å². The van der Waals surface area contributed by atoms with Gasteiger partial charge in [-0.15, -0.1) is 0 Å². The Morgan fingerprint density at radius 2 is 2.33 bits per heavy atom. The molecule has 0 spiro atoms. The number of nitrogens with one attached hydrogen (secondary N) is 2. The number of aliphatic hydroxyl groups is 1. The number of aromatic amines is 1. The third kappa shape index (κ3) is 3.14. The van der Waals surface area contributed by atoms with E-state index in [-0.39, 0.29) is 13.2 Å². The number of hydrogen-bond donors (Lipinski definition) is 4. The molecular weight excluding hydrogens is 232 g/mol. The van der Waals surface area contributed by atoms with Crippen molar-refractivity contribution in [1.82, 2.24) is 9.97 Å². The first-order valence-electron chi connectivity index (χ1n) is 5.65. The predicted octanol–water partition coefficient (Wildman–Crippen LogP) is 0.975. The second-order valence-corrected chi connectivity index (χ2v) is 3.72. The average molecular weight is 248 g/mol. The number of benzene rings is 1. The van der Waals surface area contributed by atoms with E-state index < -0.39 is 0 Å². The lowest BCUT2D eigenvalue weighted by Gasteiger charge is -2.12. The molecule has 0 radical (unpaired) electrons. The van der Waals surface area contributed by atoms with Crippen LogP contribution in [-0.2, 0) is 6.54 Å². The zero-order chi connectivity index (χ0) is 12.8. The van der Waals surface area contributed by atoms with E-state index in [1.807, 2.05) is 0 Å². The molecule has 6 nitrogen and oxygen atoms in total. The molecule has 0 aliphatic carbocycles. The van der Waals surface area contributed by atoms with Crippen molar-refractivity contribution in [3.8, 4) is 5.75 Å². The first-order chi connectivity index (χ1) is 8.79. The van der Waals surface area contributed by atoms with Gasteiger partial charge in [-0.1, -0.05) is 0 Å². The van der Waals surface area contributed by atoms with E-state index in [4.69, 9.17) is 15.6 Å². The highest BCUT2D eigenvalue weighted by Crippen LogP contribution is 2.27. The molecule has 0 saturated carbocycles. The minimum atomic E-state index is -0.0258. The summed E-state index contributed by atoms with van der Waals surface area (Å²) < 4.78 is 5.41. The third-order valence-corrected chi connectivity index (χ3v) is 2.35. The highest BCUT2D eigenvalue weighted by Gasteiger charge is 2.05. The largest absolute Gasteiger partial charge is 0.489 e. The van der Waals surface area contributed by atoms with Crippen LogP contribution in [0.1, 0.15) is 5.82 Å². The summed E-state index contributed by atoms with van der Waals surface area (Å²) in [5.74, 6) is 1.48. The molecule has 1 aromatic carbocycles. The van der Waals surface area contributed by atoms with E-state index in [1.165, 1.54) is 0 Å². The van der Waals surface area contributed by atoms with E-state index in [9.17, 15) is 0 Å². The van der Waals surface area contributed by atoms with E-state index in [0.717, 1.165) is 11.5 Å². The predicted molar refractivity (Wildman–Crippen MR) is 69.3 cm³/mol. The van der Waals surface area contributed by atoms with E-state index >= 15 is 0 Å². The first-order valence-corrected chi connectivity index (χ1v) is 5.65. The van der Waals surface area contributed by atoms with Gasteiger partial charge in [0, 0.05) is 18.1 Å². The summed E-state index contributed by atoms with van der Waals surface area (Å²) in [5, 5.41) is 12.0. The second-order valence-electron chi connectivity index (χ2n) is 3.72. The highest BCUT2D eigenvalue weighted by molar-refractivity contribution is 5.63. The molecule has 0 unspecified atom stereocenters. The maximum Gasteiger partial charge on any atom is 0.142 e. The Hall–Kier alpha value is -2.21. The quantitative estimate of drug-likeness (QED) is 0.571. The number of H-pyrrole nitrogens is 1. The SMILES string of the molecule is Nc1ccc(OCCO)c(NCc2ncc[nH]2)c1. The van der Waals surface area contributed by atoms with Crippen molar-refractivity contribution >= 4 is 11.4 Å². The zero-order valence-electron chi connectivity index (χ0n) is 9.89. The Kier molecular flexibility index (Phi) is 4.03. The lowest BCUT2D eigenvalue weighted by Crippen LogP contribution is -2.07. The number of anilines is 2. The van der Waals surface area contributed by atoms with Crippen molar-refractivity contribution in [2.45, 2.75) is 6.54 Å². The summed E-state index contributed by atoms with van der Waals surface area (Å²) in [6.07, 6.45) is 3.46. The molecule has 1 aromatic heterocycles. The van der Waals surface area contributed by atoms with E-state index in [0.29, 0.717) is 18.0 Å². The minimum absolute atomic E-state index is 0.0258. The molecule has 0 aliphatic heterocycles. The lowest BCUT2D eigenvalue weighted by molar-refractivity contribution is 0.202. The van der Waals surface area contributed by atoms with Gasteiger partial charge in [-0.25, -0.2) is 4.98 Å². The fourth-order valence-electron chi connectivity index (χ4n) is 1.54. The van der Waals surface area contributed by atoms with Gasteiger partial charge in [-0.3, -0.25) is 0 Å². The third-order valence-electron chi connectivity index (χ3n) is 2.35. The fourth-order valence-corrected chi connectivity index (χ4v) is 1.54. The topological polar surface area (TPSA) is 96.2 Å². The molecule has 0 amide bonds. The Morgan fingerprint density at radius 3 is 3.06 bits per heavy atom. The van der Waals surface area contributed by atoms with Crippen LogP contribution in [0.4, 0.5) is 11.4 Å². The van der Waals surface area contributed by atoms with Crippen LogP contribution in [0, 0.1) is 0 Å². The Balaban J connectivity index is 2.06. The van der Waals surface area contributed by atoms with Crippen molar-refractivity contribution in [3.63, 3.8) is 0 Å². The van der Waals surface area contributed by atoms with Crippen molar-refractivity contribution in [2.75, 3.05) is 24.3 Å². The molecule has 2 aromatic rings. The van der Waals surface area contributed by atoms with Gasteiger partial charge >= 0.3 is 0 Å². The second kappa shape index (κ2) is 5.92. The monoisotopic (exact) mass is 248 g/mol. The molecule has 0 bridgehead atoms. The fraction of sp³-hybridized carbons (Fsp3) is 0.250. The molecule has 0 fully saturated rings. The van der Waals surface area contributed by atoms with Gasteiger partial charge in [0.2, 0.25) is 0 Å². The molecular formula is C12H16N4O2. The smallest absolute Gasteiger partial charge is 0.142 e. The number of aliphatic hydroxyl groups excluding tert-OH is 1. The van der Waals surface area contributed by atoms with Gasteiger partial charge in [0.1, 0.15) is 18.2 Å². The van der Waals surface area contributed by atoms with Gasteiger partial charge in [0.05, 0.1) is 18.8 Å². The molecule has 0 saturated heterocycles. The van der Waals surface area contributed by atoms with E-state index in [1.54, 1.807) is 30.6 Å². The number of ether oxygens (including phenoxy) is 1. The number of rotatable bonds is 6. The summed E-state index contributed by atoms with van der Waals surface area (Å²) in [7, 11) is 0. The molecule has 0 atom stereocenters. The van der Waals surface area contributed by atoms with Gasteiger partial charge in [0.25, 0.3) is 0 Å². The van der Waals surface area contributed by atoms with Gasteiger partial charge in [-0.05, 0) is 18.2 Å².